The van der Waals surface area contributed by atoms with E-state index in [4.69, 9.17) is 10.8 Å². The zero-order valence-corrected chi connectivity index (χ0v) is 9.97. The highest BCUT2D eigenvalue weighted by Gasteiger charge is 2.30. The lowest BCUT2D eigenvalue weighted by Gasteiger charge is -2.37. The first-order chi connectivity index (χ1) is 8.09. The minimum absolute atomic E-state index is 0.00331. The number of aliphatic carboxylic acids is 1. The van der Waals surface area contributed by atoms with Crippen LogP contribution in [0.25, 0.3) is 0 Å². The molecule has 1 aliphatic heterocycles. The number of fused-ring (bicyclic) bond motifs is 1. The molecule has 92 valence electrons. The lowest BCUT2D eigenvalue weighted by molar-refractivity contribution is -0.137. The van der Waals surface area contributed by atoms with Gasteiger partial charge < -0.3 is 10.8 Å². The molecule has 0 fully saturated rings. The van der Waals surface area contributed by atoms with Gasteiger partial charge >= 0.3 is 5.97 Å². The van der Waals surface area contributed by atoms with Crippen molar-refractivity contribution in [2.45, 2.75) is 24.9 Å². The smallest absolute Gasteiger partial charge is 0.304 e. The molecule has 1 aromatic rings. The van der Waals surface area contributed by atoms with Crippen molar-refractivity contribution in [2.24, 2.45) is 5.73 Å². The topological polar surface area (TPSA) is 66.6 Å². The standard InChI is InChI=1S/C13H18N2O2/c1-15-7-6-9-4-2-3-5-10(9)13(15)11(14)8-12(16)17/h2-5,11,13H,6-8,14H2,1H3,(H,16,17). The Morgan fingerprint density at radius 2 is 2.29 bits per heavy atom. The average molecular weight is 234 g/mol. The van der Waals surface area contributed by atoms with Crippen LogP contribution in [0.5, 0.6) is 0 Å². The zero-order chi connectivity index (χ0) is 12.4. The van der Waals surface area contributed by atoms with Gasteiger partial charge in [0.2, 0.25) is 0 Å². The number of carboxylic acid groups (broad SMARTS) is 1. The summed E-state index contributed by atoms with van der Waals surface area (Å²) in [5.74, 6) is -0.839. The quantitative estimate of drug-likeness (QED) is 0.819. The van der Waals surface area contributed by atoms with Crippen molar-refractivity contribution in [1.82, 2.24) is 4.90 Å². The van der Waals surface area contributed by atoms with E-state index in [0.717, 1.165) is 13.0 Å². The first-order valence-corrected chi connectivity index (χ1v) is 5.85. The van der Waals surface area contributed by atoms with Gasteiger partial charge in [-0.2, -0.15) is 0 Å². The van der Waals surface area contributed by atoms with Gasteiger partial charge in [0.1, 0.15) is 0 Å². The molecule has 1 heterocycles. The van der Waals surface area contributed by atoms with Crippen molar-refractivity contribution in [1.29, 1.82) is 0 Å². The molecule has 4 nitrogen and oxygen atoms in total. The summed E-state index contributed by atoms with van der Waals surface area (Å²) in [6.07, 6.45) is 1.01. The molecular weight excluding hydrogens is 216 g/mol. The fourth-order valence-electron chi connectivity index (χ4n) is 2.59. The lowest BCUT2D eigenvalue weighted by atomic mass is 9.88. The van der Waals surface area contributed by atoms with Crippen LogP contribution in [0.4, 0.5) is 0 Å². The molecule has 4 heteroatoms. The van der Waals surface area contributed by atoms with E-state index in [0.29, 0.717) is 0 Å². The zero-order valence-electron chi connectivity index (χ0n) is 9.97. The van der Waals surface area contributed by atoms with E-state index in [1.165, 1.54) is 11.1 Å². The third-order valence-electron chi connectivity index (χ3n) is 3.40. The third kappa shape index (κ3) is 2.48. The summed E-state index contributed by atoms with van der Waals surface area (Å²) in [5.41, 5.74) is 8.50. The van der Waals surface area contributed by atoms with Gasteiger partial charge in [-0.3, -0.25) is 9.69 Å². The second-order valence-electron chi connectivity index (χ2n) is 4.64. The van der Waals surface area contributed by atoms with Gasteiger partial charge in [0, 0.05) is 12.6 Å². The van der Waals surface area contributed by atoms with Crippen LogP contribution in [-0.4, -0.2) is 35.6 Å². The number of benzene rings is 1. The van der Waals surface area contributed by atoms with Crippen LogP contribution in [0, 0.1) is 0 Å². The summed E-state index contributed by atoms with van der Waals surface area (Å²) in [5, 5.41) is 8.85. The number of carboxylic acids is 1. The van der Waals surface area contributed by atoms with Crippen molar-refractivity contribution in [3.8, 4) is 0 Å². The minimum atomic E-state index is -0.839. The third-order valence-corrected chi connectivity index (χ3v) is 3.40. The normalized spacial score (nSPS) is 21.9. The van der Waals surface area contributed by atoms with Crippen molar-refractivity contribution in [3.05, 3.63) is 35.4 Å². The van der Waals surface area contributed by atoms with E-state index in [1.807, 2.05) is 19.2 Å². The predicted octanol–water partition coefficient (Wildman–Crippen LogP) is 1.02. The average Bonchev–Trinajstić information content (AvgIpc) is 2.27. The van der Waals surface area contributed by atoms with Crippen LogP contribution in [0.3, 0.4) is 0 Å². The van der Waals surface area contributed by atoms with Gasteiger partial charge in [-0.05, 0) is 24.6 Å². The highest BCUT2D eigenvalue weighted by Crippen LogP contribution is 2.31. The monoisotopic (exact) mass is 234 g/mol. The van der Waals surface area contributed by atoms with Gasteiger partial charge in [-0.1, -0.05) is 24.3 Å². The minimum Gasteiger partial charge on any atom is -0.481 e. The molecule has 0 saturated carbocycles. The Hall–Kier alpha value is -1.39. The Morgan fingerprint density at radius 1 is 1.59 bits per heavy atom. The second-order valence-corrected chi connectivity index (χ2v) is 4.64. The predicted molar refractivity (Wildman–Crippen MR) is 65.7 cm³/mol. The van der Waals surface area contributed by atoms with Crippen LogP contribution in [-0.2, 0) is 11.2 Å². The Balaban J connectivity index is 2.29. The first-order valence-electron chi connectivity index (χ1n) is 5.85. The molecule has 1 aromatic carbocycles. The van der Waals surface area contributed by atoms with Gasteiger partial charge in [0.15, 0.2) is 0 Å². The molecule has 3 N–H and O–H groups in total. The number of nitrogens with zero attached hydrogens (tertiary/aromatic N) is 1. The van der Waals surface area contributed by atoms with E-state index in [-0.39, 0.29) is 18.5 Å². The van der Waals surface area contributed by atoms with E-state index >= 15 is 0 Å². The van der Waals surface area contributed by atoms with Crippen LogP contribution >= 0.6 is 0 Å². The first kappa shape index (κ1) is 12.1. The van der Waals surface area contributed by atoms with E-state index in [2.05, 4.69) is 17.0 Å². The number of carbonyl (C=O) groups is 1. The van der Waals surface area contributed by atoms with Crippen LogP contribution in [0.1, 0.15) is 23.6 Å². The van der Waals surface area contributed by atoms with Crippen molar-refractivity contribution in [3.63, 3.8) is 0 Å². The Morgan fingerprint density at radius 3 is 3.00 bits per heavy atom. The van der Waals surface area contributed by atoms with E-state index in [9.17, 15) is 4.79 Å². The van der Waals surface area contributed by atoms with E-state index < -0.39 is 5.97 Å². The molecule has 1 aliphatic rings. The van der Waals surface area contributed by atoms with Crippen LogP contribution in [0.2, 0.25) is 0 Å². The summed E-state index contributed by atoms with van der Waals surface area (Å²) >= 11 is 0. The molecule has 0 saturated heterocycles. The summed E-state index contributed by atoms with van der Waals surface area (Å²) < 4.78 is 0. The van der Waals surface area contributed by atoms with E-state index in [1.54, 1.807) is 0 Å². The fourth-order valence-corrected chi connectivity index (χ4v) is 2.59. The number of rotatable bonds is 3. The Bertz CT molecular complexity index is 420. The van der Waals surface area contributed by atoms with Crippen LogP contribution < -0.4 is 5.73 Å². The molecule has 2 atom stereocenters. The van der Waals surface area contributed by atoms with Gasteiger partial charge in [-0.25, -0.2) is 0 Å². The number of likely N-dealkylation sites (N-methyl/N-ethyl adjacent to an activating group) is 1. The molecule has 17 heavy (non-hydrogen) atoms. The molecule has 0 aromatic heterocycles. The van der Waals surface area contributed by atoms with Crippen molar-refractivity contribution >= 4 is 5.97 Å². The highest BCUT2D eigenvalue weighted by molar-refractivity contribution is 5.67. The molecule has 0 bridgehead atoms. The number of hydrogen-bond acceptors (Lipinski definition) is 3. The number of hydrogen-bond donors (Lipinski definition) is 2. The summed E-state index contributed by atoms with van der Waals surface area (Å²) in [6, 6.07) is 7.80. The highest BCUT2D eigenvalue weighted by atomic mass is 16.4. The fraction of sp³-hybridized carbons (Fsp3) is 0.462. The summed E-state index contributed by atoms with van der Waals surface area (Å²) in [6.45, 7) is 0.926. The van der Waals surface area contributed by atoms with Crippen LogP contribution in [0.15, 0.2) is 24.3 Å². The van der Waals surface area contributed by atoms with Gasteiger partial charge in [0.25, 0.3) is 0 Å². The lowest BCUT2D eigenvalue weighted by Crippen LogP contribution is -2.44. The van der Waals surface area contributed by atoms with Gasteiger partial charge in [-0.15, -0.1) is 0 Å². The Labute approximate surface area is 101 Å². The molecule has 0 spiro atoms. The second kappa shape index (κ2) is 4.85. The Kier molecular flexibility index (Phi) is 3.45. The maximum Gasteiger partial charge on any atom is 0.304 e. The summed E-state index contributed by atoms with van der Waals surface area (Å²) in [4.78, 5) is 12.9. The molecular formula is C13H18N2O2. The van der Waals surface area contributed by atoms with Crippen molar-refractivity contribution < 1.29 is 9.90 Å². The SMILES string of the molecule is CN1CCc2ccccc2C1C(N)CC(=O)O. The molecule has 0 radical (unpaired) electrons. The molecule has 2 unspecified atom stereocenters. The molecule has 0 amide bonds. The molecule has 2 rings (SSSR count). The molecule has 0 aliphatic carbocycles. The van der Waals surface area contributed by atoms with Gasteiger partial charge in [0.05, 0.1) is 12.5 Å². The maximum atomic E-state index is 10.8. The largest absolute Gasteiger partial charge is 0.481 e. The maximum absolute atomic E-state index is 10.8. The van der Waals surface area contributed by atoms with Crippen molar-refractivity contribution in [2.75, 3.05) is 13.6 Å². The summed E-state index contributed by atoms with van der Waals surface area (Å²) in [7, 11) is 2.00. The number of nitrogens with two attached hydrogens (primary N) is 1.